The molecule has 82 valence electrons. The maximum Gasteiger partial charge on any atom is 0.228 e. The summed E-state index contributed by atoms with van der Waals surface area (Å²) in [5, 5.41) is 1.01. The monoisotopic (exact) mass is 216 g/mol. The van der Waals surface area contributed by atoms with Crippen molar-refractivity contribution in [2.24, 2.45) is 5.73 Å². The van der Waals surface area contributed by atoms with Crippen molar-refractivity contribution in [2.75, 3.05) is 11.4 Å². The van der Waals surface area contributed by atoms with E-state index in [1.54, 1.807) is 11.1 Å². The molecule has 1 aliphatic rings. The highest BCUT2D eigenvalue weighted by molar-refractivity contribution is 5.97. The Morgan fingerprint density at radius 1 is 1.56 bits per heavy atom. The summed E-state index contributed by atoms with van der Waals surface area (Å²) < 4.78 is 0. The molecule has 5 heteroatoms. The van der Waals surface area contributed by atoms with Gasteiger partial charge in [-0.25, -0.2) is 4.98 Å². The minimum Gasteiger partial charge on any atom is -0.346 e. The minimum absolute atomic E-state index is 0.0607. The Labute approximate surface area is 92.3 Å². The molecule has 0 spiro atoms. The Morgan fingerprint density at radius 3 is 3.19 bits per heavy atom. The lowest BCUT2D eigenvalue weighted by atomic mass is 10.3. The maximum atomic E-state index is 11.7. The third-order valence-corrected chi connectivity index (χ3v) is 2.85. The molecule has 1 atom stereocenters. The molecule has 0 aliphatic carbocycles. The number of aromatic nitrogens is 2. The predicted molar refractivity (Wildman–Crippen MR) is 61.0 cm³/mol. The van der Waals surface area contributed by atoms with Crippen molar-refractivity contribution in [3.63, 3.8) is 0 Å². The number of pyridine rings is 1. The molecule has 1 saturated heterocycles. The number of nitrogens with one attached hydrogen (secondary N) is 1. The third-order valence-electron chi connectivity index (χ3n) is 2.85. The SMILES string of the molecule is NC1CC(=O)N(c2cnc3[nH]ccc3c2)C1. The number of amides is 1. The van der Waals surface area contributed by atoms with E-state index in [0.29, 0.717) is 13.0 Å². The van der Waals surface area contributed by atoms with Crippen LogP contribution in [0.25, 0.3) is 11.0 Å². The lowest BCUT2D eigenvalue weighted by Gasteiger charge is -2.15. The van der Waals surface area contributed by atoms with E-state index in [2.05, 4.69) is 9.97 Å². The molecule has 2 aromatic heterocycles. The Morgan fingerprint density at radius 2 is 2.44 bits per heavy atom. The highest BCUT2D eigenvalue weighted by Crippen LogP contribution is 2.23. The first kappa shape index (κ1) is 9.35. The average Bonchev–Trinajstić information content (AvgIpc) is 2.83. The molecule has 2 aromatic rings. The van der Waals surface area contributed by atoms with Gasteiger partial charge in [-0.2, -0.15) is 0 Å². The summed E-state index contributed by atoms with van der Waals surface area (Å²) in [5.41, 5.74) is 7.41. The molecule has 1 amide bonds. The summed E-state index contributed by atoms with van der Waals surface area (Å²) in [4.78, 5) is 20.6. The molecular formula is C11H12N4O. The predicted octanol–water partition coefficient (Wildman–Crippen LogP) is 0.627. The van der Waals surface area contributed by atoms with Crippen molar-refractivity contribution < 1.29 is 4.79 Å². The number of H-pyrrole nitrogens is 1. The van der Waals surface area contributed by atoms with Crippen molar-refractivity contribution >= 4 is 22.6 Å². The van der Waals surface area contributed by atoms with E-state index in [4.69, 9.17) is 5.73 Å². The average molecular weight is 216 g/mol. The van der Waals surface area contributed by atoms with Crippen LogP contribution in [0.3, 0.4) is 0 Å². The second kappa shape index (κ2) is 3.31. The second-order valence-electron chi connectivity index (χ2n) is 4.08. The van der Waals surface area contributed by atoms with Crippen molar-refractivity contribution in [1.29, 1.82) is 0 Å². The zero-order valence-electron chi connectivity index (χ0n) is 8.68. The number of nitrogens with zero attached hydrogens (tertiary/aromatic N) is 2. The summed E-state index contributed by atoms with van der Waals surface area (Å²) in [6.07, 6.45) is 3.96. The molecule has 3 heterocycles. The standard InChI is InChI=1S/C11H12N4O/c12-8-4-10(16)15(6-8)9-3-7-1-2-13-11(7)14-5-9/h1-3,5,8H,4,6,12H2,(H,13,14). The number of nitrogens with two attached hydrogens (primary N) is 1. The smallest absolute Gasteiger partial charge is 0.228 e. The summed E-state index contributed by atoms with van der Waals surface area (Å²) in [7, 11) is 0. The number of rotatable bonds is 1. The molecule has 16 heavy (non-hydrogen) atoms. The van der Waals surface area contributed by atoms with Crippen LogP contribution in [-0.4, -0.2) is 28.5 Å². The molecule has 1 aliphatic heterocycles. The topological polar surface area (TPSA) is 75.0 Å². The first-order valence-electron chi connectivity index (χ1n) is 5.23. The van der Waals surface area contributed by atoms with E-state index >= 15 is 0 Å². The highest BCUT2D eigenvalue weighted by Gasteiger charge is 2.28. The number of hydrogen-bond donors (Lipinski definition) is 2. The number of hydrogen-bond acceptors (Lipinski definition) is 3. The summed E-state index contributed by atoms with van der Waals surface area (Å²) in [6, 6.07) is 3.83. The number of carbonyl (C=O) groups is 1. The van der Waals surface area contributed by atoms with Crippen LogP contribution in [-0.2, 0) is 4.79 Å². The van der Waals surface area contributed by atoms with E-state index in [0.717, 1.165) is 16.7 Å². The summed E-state index contributed by atoms with van der Waals surface area (Å²) in [5.74, 6) is 0.0733. The number of fused-ring (bicyclic) bond motifs is 1. The van der Waals surface area contributed by atoms with E-state index in [1.165, 1.54) is 0 Å². The van der Waals surface area contributed by atoms with Gasteiger partial charge < -0.3 is 15.6 Å². The molecule has 0 aromatic carbocycles. The fourth-order valence-corrected chi connectivity index (χ4v) is 2.06. The quantitative estimate of drug-likeness (QED) is 0.734. The molecule has 3 rings (SSSR count). The molecular weight excluding hydrogens is 204 g/mol. The number of aromatic amines is 1. The molecule has 0 bridgehead atoms. The van der Waals surface area contributed by atoms with Gasteiger partial charge >= 0.3 is 0 Å². The lowest BCUT2D eigenvalue weighted by Crippen LogP contribution is -2.27. The van der Waals surface area contributed by atoms with Gasteiger partial charge in [-0.15, -0.1) is 0 Å². The van der Waals surface area contributed by atoms with Crippen LogP contribution in [0.2, 0.25) is 0 Å². The molecule has 1 fully saturated rings. The molecule has 1 unspecified atom stereocenters. The van der Waals surface area contributed by atoms with Gasteiger partial charge in [0.25, 0.3) is 0 Å². The van der Waals surface area contributed by atoms with Crippen LogP contribution >= 0.6 is 0 Å². The van der Waals surface area contributed by atoms with Crippen molar-refractivity contribution in [2.45, 2.75) is 12.5 Å². The molecule has 0 radical (unpaired) electrons. The van der Waals surface area contributed by atoms with Gasteiger partial charge in [0.2, 0.25) is 5.91 Å². The fraction of sp³-hybridized carbons (Fsp3) is 0.273. The molecule has 3 N–H and O–H groups in total. The summed E-state index contributed by atoms with van der Waals surface area (Å²) >= 11 is 0. The van der Waals surface area contributed by atoms with Gasteiger partial charge in [0.05, 0.1) is 11.9 Å². The van der Waals surface area contributed by atoms with Crippen molar-refractivity contribution in [1.82, 2.24) is 9.97 Å². The van der Waals surface area contributed by atoms with Gasteiger partial charge in [-0.05, 0) is 12.1 Å². The van der Waals surface area contributed by atoms with Crippen LogP contribution < -0.4 is 10.6 Å². The van der Waals surface area contributed by atoms with E-state index in [9.17, 15) is 4.79 Å². The van der Waals surface area contributed by atoms with E-state index < -0.39 is 0 Å². The van der Waals surface area contributed by atoms with Gasteiger partial charge in [0.1, 0.15) is 5.65 Å². The Kier molecular flexibility index (Phi) is 1.94. The van der Waals surface area contributed by atoms with E-state index in [-0.39, 0.29) is 11.9 Å². The van der Waals surface area contributed by atoms with Crippen molar-refractivity contribution in [3.05, 3.63) is 24.5 Å². The fourth-order valence-electron chi connectivity index (χ4n) is 2.06. The maximum absolute atomic E-state index is 11.7. The Bertz CT molecular complexity index is 548. The van der Waals surface area contributed by atoms with Crippen LogP contribution in [0.4, 0.5) is 5.69 Å². The van der Waals surface area contributed by atoms with Gasteiger partial charge in [-0.1, -0.05) is 0 Å². The number of carbonyl (C=O) groups excluding carboxylic acids is 1. The highest BCUT2D eigenvalue weighted by atomic mass is 16.2. The van der Waals surface area contributed by atoms with Gasteiger partial charge in [0, 0.05) is 30.6 Å². The molecule has 5 nitrogen and oxygen atoms in total. The first-order chi connectivity index (χ1) is 7.74. The largest absolute Gasteiger partial charge is 0.346 e. The summed E-state index contributed by atoms with van der Waals surface area (Å²) in [6.45, 7) is 0.580. The van der Waals surface area contributed by atoms with Crippen molar-refractivity contribution in [3.8, 4) is 0 Å². The van der Waals surface area contributed by atoms with Crippen LogP contribution in [0.5, 0.6) is 0 Å². The Hall–Kier alpha value is -1.88. The first-order valence-corrected chi connectivity index (χ1v) is 5.23. The van der Waals surface area contributed by atoms with Gasteiger partial charge in [0.15, 0.2) is 0 Å². The van der Waals surface area contributed by atoms with Crippen LogP contribution in [0.15, 0.2) is 24.5 Å². The van der Waals surface area contributed by atoms with Crippen LogP contribution in [0.1, 0.15) is 6.42 Å². The normalized spacial score (nSPS) is 20.9. The third kappa shape index (κ3) is 1.37. The zero-order chi connectivity index (χ0) is 11.1. The Balaban J connectivity index is 2.02. The van der Waals surface area contributed by atoms with Crippen LogP contribution in [0, 0.1) is 0 Å². The number of anilines is 1. The minimum atomic E-state index is -0.0607. The second-order valence-corrected chi connectivity index (χ2v) is 4.08. The van der Waals surface area contributed by atoms with E-state index in [1.807, 2.05) is 18.3 Å². The van der Waals surface area contributed by atoms with Gasteiger partial charge in [-0.3, -0.25) is 4.79 Å². The molecule has 0 saturated carbocycles. The zero-order valence-corrected chi connectivity index (χ0v) is 8.68. The lowest BCUT2D eigenvalue weighted by molar-refractivity contribution is -0.117.